The third-order valence-electron chi connectivity index (χ3n) is 6.12. The second kappa shape index (κ2) is 9.00. The van der Waals surface area contributed by atoms with Gasteiger partial charge in [-0.05, 0) is 61.4 Å². The minimum Gasteiger partial charge on any atom is -0.342 e. The zero-order valence-corrected chi connectivity index (χ0v) is 19.1. The average molecular weight is 479 g/mol. The molecule has 1 amide bonds. The summed E-state index contributed by atoms with van der Waals surface area (Å²) in [6.45, 7) is 0.797. The fraction of sp³-hybridized carbons (Fsp3) is 0.200. The molecule has 0 atom stereocenters. The van der Waals surface area contributed by atoms with Gasteiger partial charge >= 0.3 is 0 Å². The van der Waals surface area contributed by atoms with Crippen LogP contribution in [0.25, 0.3) is 11.0 Å². The number of rotatable bonds is 5. The molecule has 0 unspecified atom stereocenters. The molecule has 1 fully saturated rings. The third-order valence-corrected chi connectivity index (χ3v) is 8.03. The Morgan fingerprint density at radius 1 is 0.971 bits per heavy atom. The summed E-state index contributed by atoms with van der Waals surface area (Å²) in [4.78, 5) is 20.4. The normalized spacial score (nSPS) is 15.4. The van der Waals surface area contributed by atoms with Crippen molar-refractivity contribution in [2.75, 3.05) is 18.4 Å². The van der Waals surface area contributed by atoms with Gasteiger partial charge in [-0.1, -0.05) is 24.3 Å². The van der Waals surface area contributed by atoms with Crippen LogP contribution in [0, 0.1) is 5.82 Å². The van der Waals surface area contributed by atoms with E-state index >= 15 is 0 Å². The summed E-state index contributed by atoms with van der Waals surface area (Å²) < 4.78 is 41.6. The number of imidazole rings is 1. The van der Waals surface area contributed by atoms with Gasteiger partial charge in [0.2, 0.25) is 10.0 Å². The van der Waals surface area contributed by atoms with Crippen molar-refractivity contribution in [3.8, 4) is 0 Å². The third kappa shape index (κ3) is 4.32. The molecular weight excluding hydrogens is 455 g/mol. The van der Waals surface area contributed by atoms with Gasteiger partial charge in [0.15, 0.2) is 0 Å². The summed E-state index contributed by atoms with van der Waals surface area (Å²) in [6, 6.07) is 19.4. The molecule has 0 spiro atoms. The second-order valence-corrected chi connectivity index (χ2v) is 10.2. The van der Waals surface area contributed by atoms with E-state index in [9.17, 15) is 17.6 Å². The molecule has 9 heteroatoms. The van der Waals surface area contributed by atoms with Gasteiger partial charge in [-0.15, -0.1) is 0 Å². The number of benzene rings is 3. The van der Waals surface area contributed by atoms with E-state index in [0.717, 1.165) is 16.9 Å². The monoisotopic (exact) mass is 478 g/mol. The number of nitrogens with zero attached hydrogens (tertiary/aromatic N) is 2. The van der Waals surface area contributed by atoms with Gasteiger partial charge in [-0.3, -0.25) is 4.79 Å². The van der Waals surface area contributed by atoms with Gasteiger partial charge in [-0.25, -0.2) is 17.8 Å². The highest BCUT2D eigenvalue weighted by molar-refractivity contribution is 7.89. The molecule has 2 heterocycles. The van der Waals surface area contributed by atoms with Crippen LogP contribution in [-0.4, -0.2) is 41.7 Å². The van der Waals surface area contributed by atoms with E-state index in [2.05, 4.69) is 15.3 Å². The topological polar surface area (TPSA) is 95.2 Å². The van der Waals surface area contributed by atoms with Crippen LogP contribution >= 0.6 is 0 Å². The zero-order chi connectivity index (χ0) is 23.7. The number of H-pyrrole nitrogens is 1. The van der Waals surface area contributed by atoms with E-state index in [1.54, 1.807) is 6.07 Å². The lowest BCUT2D eigenvalue weighted by atomic mass is 9.97. The Balaban J connectivity index is 1.24. The van der Waals surface area contributed by atoms with Crippen LogP contribution in [0.15, 0.2) is 77.7 Å². The number of carbonyl (C=O) groups is 1. The van der Waals surface area contributed by atoms with Crippen LogP contribution in [-0.2, 0) is 10.0 Å². The lowest BCUT2D eigenvalue weighted by Gasteiger charge is -2.30. The summed E-state index contributed by atoms with van der Waals surface area (Å²) in [5.41, 5.74) is 2.20. The van der Waals surface area contributed by atoms with E-state index in [4.69, 9.17) is 0 Å². The number of aromatic amines is 1. The molecule has 1 saturated heterocycles. The number of para-hydroxylation sites is 2. The largest absolute Gasteiger partial charge is 0.342 e. The number of nitrogens with one attached hydrogen (secondary N) is 2. The van der Waals surface area contributed by atoms with Crippen molar-refractivity contribution in [1.29, 1.82) is 0 Å². The Bertz CT molecular complexity index is 1410. The molecule has 3 aromatic carbocycles. The minimum atomic E-state index is -3.67. The lowest BCUT2D eigenvalue weighted by Crippen LogP contribution is -2.38. The van der Waals surface area contributed by atoms with Gasteiger partial charge in [0.05, 0.1) is 21.5 Å². The summed E-state index contributed by atoms with van der Waals surface area (Å²) in [5, 5.41) is 2.59. The fourth-order valence-electron chi connectivity index (χ4n) is 4.24. The Morgan fingerprint density at radius 3 is 2.35 bits per heavy atom. The highest BCUT2D eigenvalue weighted by Crippen LogP contribution is 2.30. The van der Waals surface area contributed by atoms with E-state index in [0.29, 0.717) is 31.6 Å². The van der Waals surface area contributed by atoms with E-state index in [1.807, 2.05) is 24.3 Å². The van der Waals surface area contributed by atoms with Crippen LogP contribution in [0.3, 0.4) is 0 Å². The van der Waals surface area contributed by atoms with Crippen LogP contribution < -0.4 is 5.32 Å². The summed E-state index contributed by atoms with van der Waals surface area (Å²) in [7, 11) is -3.67. The standard InChI is InChI=1S/C25H23FN4O3S/c26-21-6-2-1-5-20(21)25(31)27-18-9-11-19(12-10-18)34(32,33)30-15-13-17(14-16-30)24-28-22-7-3-4-8-23(22)29-24/h1-12,17H,13-16H2,(H,27,31)(H,28,29). The molecule has 1 aliphatic rings. The first-order valence-electron chi connectivity index (χ1n) is 11.0. The number of hydrogen-bond acceptors (Lipinski definition) is 4. The predicted molar refractivity (Wildman–Crippen MR) is 128 cm³/mol. The maximum Gasteiger partial charge on any atom is 0.258 e. The molecule has 4 aromatic rings. The summed E-state index contributed by atoms with van der Waals surface area (Å²) in [6.07, 6.45) is 1.35. The number of piperidine rings is 1. The molecule has 2 N–H and O–H groups in total. The number of aromatic nitrogens is 2. The SMILES string of the molecule is O=C(Nc1ccc(S(=O)(=O)N2CCC(c3nc4ccccc4[nH]3)CC2)cc1)c1ccccc1F. The first kappa shape index (κ1) is 22.2. The van der Waals surface area contributed by atoms with Crippen molar-refractivity contribution in [3.63, 3.8) is 0 Å². The molecule has 0 saturated carbocycles. The average Bonchev–Trinajstić information content (AvgIpc) is 3.29. The molecule has 0 radical (unpaired) electrons. The predicted octanol–water partition coefficient (Wildman–Crippen LogP) is 4.52. The van der Waals surface area contributed by atoms with Crippen LogP contribution in [0.1, 0.15) is 34.9 Å². The van der Waals surface area contributed by atoms with Crippen molar-refractivity contribution in [2.45, 2.75) is 23.7 Å². The molecule has 0 aliphatic carbocycles. The maximum atomic E-state index is 13.8. The highest BCUT2D eigenvalue weighted by Gasteiger charge is 2.31. The Kier molecular flexibility index (Phi) is 5.89. The smallest absolute Gasteiger partial charge is 0.258 e. The maximum absolute atomic E-state index is 13.8. The number of amides is 1. The molecule has 174 valence electrons. The van der Waals surface area contributed by atoms with Gasteiger partial charge in [-0.2, -0.15) is 4.31 Å². The van der Waals surface area contributed by atoms with Crippen molar-refractivity contribution in [2.24, 2.45) is 0 Å². The lowest BCUT2D eigenvalue weighted by molar-refractivity contribution is 0.102. The Morgan fingerprint density at radius 2 is 1.65 bits per heavy atom. The fourth-order valence-corrected chi connectivity index (χ4v) is 5.71. The molecule has 34 heavy (non-hydrogen) atoms. The van der Waals surface area contributed by atoms with Gasteiger partial charge in [0, 0.05) is 24.7 Å². The first-order valence-corrected chi connectivity index (χ1v) is 12.5. The molecule has 1 aliphatic heterocycles. The number of anilines is 1. The number of hydrogen-bond donors (Lipinski definition) is 2. The first-order chi connectivity index (χ1) is 16.4. The molecule has 0 bridgehead atoms. The van der Waals surface area contributed by atoms with Gasteiger partial charge in [0.25, 0.3) is 5.91 Å². The number of carbonyl (C=O) groups excluding carboxylic acids is 1. The van der Waals surface area contributed by atoms with Gasteiger partial charge in [0.1, 0.15) is 11.6 Å². The number of fused-ring (bicyclic) bond motifs is 1. The Labute approximate surface area is 196 Å². The van der Waals surface area contributed by atoms with Crippen molar-refractivity contribution < 1.29 is 17.6 Å². The van der Waals surface area contributed by atoms with Gasteiger partial charge < -0.3 is 10.3 Å². The van der Waals surface area contributed by atoms with E-state index in [1.165, 1.54) is 46.8 Å². The molecule has 1 aromatic heterocycles. The van der Waals surface area contributed by atoms with Crippen LogP contribution in [0.2, 0.25) is 0 Å². The number of sulfonamides is 1. The number of halogens is 1. The van der Waals surface area contributed by atoms with Crippen LogP contribution in [0.4, 0.5) is 10.1 Å². The van der Waals surface area contributed by atoms with Crippen molar-refractivity contribution >= 4 is 32.7 Å². The quantitative estimate of drug-likeness (QED) is 0.441. The molecule has 7 nitrogen and oxygen atoms in total. The van der Waals surface area contributed by atoms with Crippen molar-refractivity contribution in [3.05, 3.63) is 90.0 Å². The van der Waals surface area contributed by atoms with Crippen LogP contribution in [0.5, 0.6) is 0 Å². The minimum absolute atomic E-state index is 0.0773. The highest BCUT2D eigenvalue weighted by atomic mass is 32.2. The molecular formula is C25H23FN4O3S. The zero-order valence-electron chi connectivity index (χ0n) is 18.2. The Hall–Kier alpha value is -3.56. The summed E-state index contributed by atoms with van der Waals surface area (Å²) in [5.74, 6) is -0.144. The van der Waals surface area contributed by atoms with E-state index < -0.39 is 21.7 Å². The molecule has 5 rings (SSSR count). The summed E-state index contributed by atoms with van der Waals surface area (Å²) >= 11 is 0. The van der Waals surface area contributed by atoms with E-state index in [-0.39, 0.29) is 16.4 Å². The second-order valence-electron chi connectivity index (χ2n) is 8.28. The van der Waals surface area contributed by atoms with Crippen molar-refractivity contribution in [1.82, 2.24) is 14.3 Å².